The van der Waals surface area contributed by atoms with Gasteiger partial charge in [0.25, 0.3) is 0 Å². The lowest BCUT2D eigenvalue weighted by atomic mass is 11.8. The average Bonchev–Trinajstić information content (AvgIpc) is 2.17. The second kappa shape index (κ2) is 6.25. The quantitative estimate of drug-likeness (QED) is 0.648. The minimum absolute atomic E-state index is 1.60. The van der Waals surface area contributed by atoms with E-state index in [2.05, 4.69) is 0 Å². The molecule has 0 aromatic carbocycles. The molecular formula is C7H22O5Si3. The van der Waals surface area contributed by atoms with E-state index in [1.54, 1.807) is 21.3 Å². The molecule has 0 aromatic heterocycles. The third kappa shape index (κ3) is 5.92. The Balaban J connectivity index is 4.43. The predicted molar refractivity (Wildman–Crippen MR) is 65.3 cm³/mol. The summed E-state index contributed by atoms with van der Waals surface area (Å²) < 4.78 is 27.4. The molecule has 2 atom stereocenters. The van der Waals surface area contributed by atoms with Gasteiger partial charge >= 0.3 is 26.6 Å². The second-order valence-corrected chi connectivity index (χ2v) is 12.4. The fraction of sp³-hybridized carbons (Fsp3) is 1.00. The van der Waals surface area contributed by atoms with E-state index in [1.165, 1.54) is 0 Å². The van der Waals surface area contributed by atoms with E-state index in [0.717, 1.165) is 0 Å². The van der Waals surface area contributed by atoms with Gasteiger partial charge in [0.2, 0.25) is 0 Å². The molecule has 8 heteroatoms. The Kier molecular flexibility index (Phi) is 6.44. The molecule has 0 aliphatic rings. The smallest absolute Gasteiger partial charge is 0.400 e. The molecule has 0 spiro atoms. The van der Waals surface area contributed by atoms with Gasteiger partial charge in [-0.2, -0.15) is 0 Å². The second-order valence-electron chi connectivity index (χ2n) is 3.69. The summed E-state index contributed by atoms with van der Waals surface area (Å²) in [5.74, 6) is 0. The van der Waals surface area contributed by atoms with Gasteiger partial charge in [0.15, 0.2) is 0 Å². The molecule has 0 amide bonds. The lowest BCUT2D eigenvalue weighted by Gasteiger charge is -2.33. The zero-order chi connectivity index (χ0) is 12.1. The summed E-state index contributed by atoms with van der Waals surface area (Å²) in [6.45, 7) is 7.72. The lowest BCUT2D eigenvalue weighted by molar-refractivity contribution is 0.165. The molecule has 0 aromatic rings. The SMILES string of the molecule is CO[SiH](C)O[Si](C)(OC)O[Si](C)(C)OC. The van der Waals surface area contributed by atoms with Crippen molar-refractivity contribution in [1.29, 1.82) is 0 Å². The summed E-state index contributed by atoms with van der Waals surface area (Å²) in [5.41, 5.74) is 0. The molecule has 92 valence electrons. The Bertz CT molecular complexity index is 191. The van der Waals surface area contributed by atoms with Crippen LogP contribution in [0.15, 0.2) is 0 Å². The van der Waals surface area contributed by atoms with Crippen molar-refractivity contribution in [1.82, 2.24) is 0 Å². The maximum Gasteiger partial charge on any atom is 0.479 e. The van der Waals surface area contributed by atoms with Crippen molar-refractivity contribution in [3.8, 4) is 0 Å². The largest absolute Gasteiger partial charge is 0.479 e. The number of hydrogen-bond acceptors (Lipinski definition) is 5. The van der Waals surface area contributed by atoms with E-state index >= 15 is 0 Å². The molecule has 0 rings (SSSR count). The lowest BCUT2D eigenvalue weighted by Crippen LogP contribution is -2.53. The molecule has 0 heterocycles. The van der Waals surface area contributed by atoms with Crippen LogP contribution in [0, 0.1) is 0 Å². The van der Waals surface area contributed by atoms with Crippen molar-refractivity contribution < 1.29 is 21.5 Å². The van der Waals surface area contributed by atoms with Crippen LogP contribution in [0.25, 0.3) is 0 Å². The van der Waals surface area contributed by atoms with Crippen molar-refractivity contribution in [2.45, 2.75) is 26.2 Å². The van der Waals surface area contributed by atoms with Crippen molar-refractivity contribution >= 4 is 26.6 Å². The van der Waals surface area contributed by atoms with Gasteiger partial charge in [0.05, 0.1) is 0 Å². The fourth-order valence-corrected chi connectivity index (χ4v) is 9.00. The summed E-state index contributed by atoms with van der Waals surface area (Å²) in [7, 11) is -1.49. The molecule has 0 aliphatic carbocycles. The van der Waals surface area contributed by atoms with Crippen LogP contribution in [-0.4, -0.2) is 48.0 Å². The molecule has 0 saturated carbocycles. The first-order valence-electron chi connectivity index (χ1n) is 4.79. The highest BCUT2D eigenvalue weighted by atomic mass is 28.5. The predicted octanol–water partition coefficient (Wildman–Crippen LogP) is 1.08. The maximum atomic E-state index is 5.86. The topological polar surface area (TPSA) is 46.2 Å². The third-order valence-electron chi connectivity index (χ3n) is 2.01. The molecule has 0 N–H and O–H groups in total. The van der Waals surface area contributed by atoms with Crippen LogP contribution in [0.5, 0.6) is 0 Å². The highest BCUT2D eigenvalue weighted by Gasteiger charge is 2.42. The van der Waals surface area contributed by atoms with Crippen LogP contribution in [0.1, 0.15) is 0 Å². The summed E-state index contributed by atoms with van der Waals surface area (Å²) in [6.07, 6.45) is 0. The Morgan fingerprint density at radius 2 is 1.47 bits per heavy atom. The van der Waals surface area contributed by atoms with Gasteiger partial charge in [-0.1, -0.05) is 0 Å². The van der Waals surface area contributed by atoms with Gasteiger partial charge in [0.1, 0.15) is 0 Å². The zero-order valence-corrected chi connectivity index (χ0v) is 13.8. The van der Waals surface area contributed by atoms with Crippen LogP contribution >= 0.6 is 0 Å². The first-order valence-corrected chi connectivity index (χ1v) is 11.9. The standard InChI is InChI=1S/C7H22O5Si3/c1-8-13(4)11-15(7,10-3)12-14(5,6)9-2/h13H,1-7H3. The molecule has 0 saturated heterocycles. The summed E-state index contributed by atoms with van der Waals surface area (Å²) in [6, 6.07) is 0. The van der Waals surface area contributed by atoms with E-state index in [-0.39, 0.29) is 0 Å². The van der Waals surface area contributed by atoms with Gasteiger partial charge < -0.3 is 21.5 Å². The number of rotatable bonds is 7. The first kappa shape index (κ1) is 15.5. The van der Waals surface area contributed by atoms with Crippen molar-refractivity contribution in [3.63, 3.8) is 0 Å². The normalized spacial score (nSPS) is 18.6. The van der Waals surface area contributed by atoms with E-state index in [9.17, 15) is 0 Å². The molecule has 5 nitrogen and oxygen atoms in total. The highest BCUT2D eigenvalue weighted by molar-refractivity contribution is 6.78. The van der Waals surface area contributed by atoms with Crippen molar-refractivity contribution in [2.24, 2.45) is 0 Å². The van der Waals surface area contributed by atoms with Gasteiger partial charge in [-0.3, -0.25) is 0 Å². The molecule has 0 aliphatic heterocycles. The van der Waals surface area contributed by atoms with Crippen LogP contribution in [0.4, 0.5) is 0 Å². The Morgan fingerprint density at radius 3 is 1.80 bits per heavy atom. The molecule has 0 radical (unpaired) electrons. The van der Waals surface area contributed by atoms with Crippen molar-refractivity contribution in [2.75, 3.05) is 21.3 Å². The molecule has 0 bridgehead atoms. The molecule has 15 heavy (non-hydrogen) atoms. The Hall–Kier alpha value is 0.451. The zero-order valence-electron chi connectivity index (χ0n) is 10.6. The van der Waals surface area contributed by atoms with E-state index in [0.29, 0.717) is 0 Å². The molecular weight excluding hydrogens is 248 g/mol. The molecule has 0 fully saturated rings. The Labute approximate surface area is 96.1 Å². The summed E-state index contributed by atoms with van der Waals surface area (Å²) in [5, 5.41) is 0. The van der Waals surface area contributed by atoms with Gasteiger partial charge in [-0.05, 0) is 19.6 Å². The van der Waals surface area contributed by atoms with Gasteiger partial charge in [0, 0.05) is 27.9 Å². The van der Waals surface area contributed by atoms with E-state index < -0.39 is 26.6 Å². The van der Waals surface area contributed by atoms with Crippen LogP contribution in [-0.2, 0) is 21.5 Å². The Morgan fingerprint density at radius 1 is 0.933 bits per heavy atom. The fourth-order valence-electron chi connectivity index (χ4n) is 0.952. The average molecular weight is 271 g/mol. The monoisotopic (exact) mass is 270 g/mol. The van der Waals surface area contributed by atoms with Crippen LogP contribution in [0.2, 0.25) is 26.2 Å². The van der Waals surface area contributed by atoms with E-state index in [4.69, 9.17) is 21.5 Å². The maximum absolute atomic E-state index is 5.86. The van der Waals surface area contributed by atoms with Gasteiger partial charge in [-0.25, -0.2) is 0 Å². The molecule has 2 unspecified atom stereocenters. The minimum atomic E-state index is -2.59. The van der Waals surface area contributed by atoms with E-state index in [1.807, 2.05) is 26.2 Å². The van der Waals surface area contributed by atoms with Crippen molar-refractivity contribution in [3.05, 3.63) is 0 Å². The minimum Gasteiger partial charge on any atom is -0.400 e. The first-order chi connectivity index (χ1) is 6.78. The van der Waals surface area contributed by atoms with Gasteiger partial charge in [-0.15, -0.1) is 0 Å². The highest BCUT2D eigenvalue weighted by Crippen LogP contribution is 2.17. The van der Waals surface area contributed by atoms with Crippen LogP contribution < -0.4 is 0 Å². The third-order valence-corrected chi connectivity index (χ3v) is 10.9. The summed E-state index contributed by atoms with van der Waals surface area (Å²) in [4.78, 5) is 0. The number of hydrogen-bond donors (Lipinski definition) is 0. The summed E-state index contributed by atoms with van der Waals surface area (Å²) >= 11 is 0. The van der Waals surface area contributed by atoms with Crippen LogP contribution in [0.3, 0.4) is 0 Å².